The highest BCUT2D eigenvalue weighted by Crippen LogP contribution is 2.20. The van der Waals surface area contributed by atoms with Crippen molar-refractivity contribution in [2.75, 3.05) is 31.1 Å². The Kier molecular flexibility index (Phi) is 7.40. The Morgan fingerprint density at radius 2 is 1.47 bits per heavy atom. The molecule has 0 unspecified atom stereocenters. The van der Waals surface area contributed by atoms with Gasteiger partial charge in [0.2, 0.25) is 0 Å². The number of piperazine rings is 1. The van der Waals surface area contributed by atoms with Crippen LogP contribution in [0.2, 0.25) is 0 Å². The van der Waals surface area contributed by atoms with Gasteiger partial charge in [0.05, 0.1) is 0 Å². The van der Waals surface area contributed by atoms with Crippen LogP contribution in [0.25, 0.3) is 10.8 Å². The first kappa shape index (κ1) is 25.4. The molecule has 1 atom stereocenters. The fourth-order valence-electron chi connectivity index (χ4n) is 3.98. The van der Waals surface area contributed by atoms with E-state index < -0.39 is 22.2 Å². The number of hydrogen-bond donors (Lipinski definition) is 2. The van der Waals surface area contributed by atoms with Gasteiger partial charge in [-0.1, -0.05) is 30.0 Å². The number of carboxylic acids is 1. The minimum absolute atomic E-state index is 0.0403. The quantitative estimate of drug-likeness (QED) is 0.394. The minimum atomic E-state index is -3.85. The van der Waals surface area contributed by atoms with Crippen LogP contribution in [0.3, 0.4) is 0 Å². The lowest BCUT2D eigenvalue weighted by atomic mass is 10.0. The highest BCUT2D eigenvalue weighted by atomic mass is 32.2. The zero-order valence-electron chi connectivity index (χ0n) is 20.1. The second-order valence-electron chi connectivity index (χ2n) is 8.70. The van der Waals surface area contributed by atoms with E-state index >= 15 is 0 Å². The molecule has 0 saturated carbocycles. The summed E-state index contributed by atoms with van der Waals surface area (Å²) in [5.74, 6) is 5.18. The Hall–Kier alpha value is -3.71. The molecule has 9 heteroatoms. The molecule has 1 aliphatic rings. The van der Waals surface area contributed by atoms with E-state index in [1.54, 1.807) is 6.92 Å². The third kappa shape index (κ3) is 5.91. The summed E-state index contributed by atoms with van der Waals surface area (Å²) in [7, 11) is -3.85. The molecular formula is C27H27N3O5S. The summed E-state index contributed by atoms with van der Waals surface area (Å²) in [6, 6.07) is 18.1. The van der Waals surface area contributed by atoms with Crippen LogP contribution in [0, 0.1) is 11.8 Å². The highest BCUT2D eigenvalue weighted by Gasteiger charge is 2.29. The molecule has 0 amide bonds. The smallest absolute Gasteiger partial charge is 0.321 e. The summed E-state index contributed by atoms with van der Waals surface area (Å²) in [6.45, 7) is 4.37. The largest absolute Gasteiger partial charge is 0.480 e. The molecule has 2 N–H and O–H groups in total. The van der Waals surface area contributed by atoms with Gasteiger partial charge >= 0.3 is 5.97 Å². The van der Waals surface area contributed by atoms with Crippen LogP contribution in [0.4, 0.5) is 5.69 Å². The Labute approximate surface area is 210 Å². The number of aliphatic carboxylic acids is 1. The van der Waals surface area contributed by atoms with E-state index in [4.69, 9.17) is 5.11 Å². The molecular weight excluding hydrogens is 478 g/mol. The van der Waals surface area contributed by atoms with E-state index in [0.29, 0.717) is 18.7 Å². The van der Waals surface area contributed by atoms with Gasteiger partial charge in [-0.2, -0.15) is 17.4 Å². The molecule has 186 valence electrons. The van der Waals surface area contributed by atoms with E-state index in [1.807, 2.05) is 60.7 Å². The third-order valence-electron chi connectivity index (χ3n) is 6.11. The van der Waals surface area contributed by atoms with Gasteiger partial charge in [-0.05, 0) is 67.1 Å². The van der Waals surface area contributed by atoms with Crippen LogP contribution in [-0.2, 0) is 15.0 Å². The first-order valence-electron chi connectivity index (χ1n) is 11.5. The van der Waals surface area contributed by atoms with Crippen molar-refractivity contribution in [3.63, 3.8) is 0 Å². The van der Waals surface area contributed by atoms with E-state index in [1.165, 1.54) is 11.2 Å². The van der Waals surface area contributed by atoms with Crippen LogP contribution in [0.1, 0.15) is 35.3 Å². The average molecular weight is 506 g/mol. The van der Waals surface area contributed by atoms with Crippen LogP contribution >= 0.6 is 0 Å². The molecule has 3 aromatic rings. The van der Waals surface area contributed by atoms with Crippen molar-refractivity contribution in [1.82, 2.24) is 9.03 Å². The summed E-state index contributed by atoms with van der Waals surface area (Å²) in [5.41, 5.74) is 3.40. The fourth-order valence-corrected chi connectivity index (χ4v) is 5.32. The molecule has 0 radical (unpaired) electrons. The normalized spacial score (nSPS) is 15.2. The molecule has 0 spiro atoms. The lowest BCUT2D eigenvalue weighted by Gasteiger charge is -2.35. The zero-order chi connectivity index (χ0) is 25.9. The molecule has 0 bridgehead atoms. The first-order valence-corrected chi connectivity index (χ1v) is 13.0. The molecule has 1 saturated heterocycles. The maximum Gasteiger partial charge on any atom is 0.321 e. The van der Waals surface area contributed by atoms with Crippen molar-refractivity contribution in [2.24, 2.45) is 0 Å². The number of anilines is 1. The number of carbonyl (C=O) groups is 2. The number of benzene rings is 3. The highest BCUT2D eigenvalue weighted by molar-refractivity contribution is 7.87. The molecule has 8 nitrogen and oxygen atoms in total. The first-order chi connectivity index (χ1) is 17.1. The van der Waals surface area contributed by atoms with Gasteiger partial charge < -0.3 is 10.0 Å². The lowest BCUT2D eigenvalue weighted by molar-refractivity contribution is -0.138. The summed E-state index contributed by atoms with van der Waals surface area (Å²) < 4.78 is 28.2. The number of hydrogen-bond acceptors (Lipinski definition) is 5. The number of fused-ring (bicyclic) bond motifs is 1. The summed E-state index contributed by atoms with van der Waals surface area (Å²) in [4.78, 5) is 24.6. The van der Waals surface area contributed by atoms with Gasteiger partial charge in [0.1, 0.15) is 6.04 Å². The molecule has 1 heterocycles. The molecule has 36 heavy (non-hydrogen) atoms. The predicted octanol–water partition coefficient (Wildman–Crippen LogP) is 2.87. The Morgan fingerprint density at radius 1 is 0.889 bits per heavy atom. The number of rotatable bonds is 6. The average Bonchev–Trinajstić information content (AvgIpc) is 2.87. The molecule has 4 rings (SSSR count). The van der Waals surface area contributed by atoms with E-state index in [0.717, 1.165) is 27.6 Å². The maximum atomic E-state index is 12.4. The van der Waals surface area contributed by atoms with Crippen molar-refractivity contribution >= 4 is 38.4 Å². The van der Waals surface area contributed by atoms with E-state index in [-0.39, 0.29) is 18.9 Å². The van der Waals surface area contributed by atoms with Gasteiger partial charge in [-0.15, -0.1) is 0 Å². The zero-order valence-corrected chi connectivity index (χ0v) is 20.9. The summed E-state index contributed by atoms with van der Waals surface area (Å²) in [6.07, 6.45) is 0. The number of Topliss-reactive ketones (excluding diaryl/α,β-unsaturated/α-hetero) is 1. The lowest BCUT2D eigenvalue weighted by Crippen LogP contribution is -2.54. The Morgan fingerprint density at radius 3 is 2.11 bits per heavy atom. The second kappa shape index (κ2) is 10.5. The second-order valence-corrected chi connectivity index (χ2v) is 10.4. The van der Waals surface area contributed by atoms with Gasteiger partial charge in [-0.3, -0.25) is 9.59 Å². The topological polar surface area (TPSA) is 107 Å². The van der Waals surface area contributed by atoms with Crippen LogP contribution in [0.5, 0.6) is 0 Å². The fraction of sp³-hybridized carbons (Fsp3) is 0.259. The van der Waals surface area contributed by atoms with Crippen molar-refractivity contribution in [3.8, 4) is 11.8 Å². The number of nitrogens with one attached hydrogen (secondary N) is 1. The maximum absolute atomic E-state index is 12.4. The van der Waals surface area contributed by atoms with Crippen LogP contribution in [-0.4, -0.2) is 61.8 Å². The van der Waals surface area contributed by atoms with Gasteiger partial charge in [-0.25, -0.2) is 0 Å². The van der Waals surface area contributed by atoms with Crippen LogP contribution in [0.15, 0.2) is 60.7 Å². The van der Waals surface area contributed by atoms with Crippen LogP contribution < -0.4 is 9.62 Å². The molecule has 3 aromatic carbocycles. The number of nitrogens with zero attached hydrogens (tertiary/aromatic N) is 2. The minimum Gasteiger partial charge on any atom is -0.480 e. The van der Waals surface area contributed by atoms with Crippen molar-refractivity contribution in [1.29, 1.82) is 0 Å². The Balaban J connectivity index is 1.38. The third-order valence-corrected chi connectivity index (χ3v) is 7.80. The monoisotopic (exact) mass is 505 g/mol. The number of carbonyl (C=O) groups excluding carboxylic acids is 1. The van der Waals surface area contributed by atoms with E-state index in [9.17, 15) is 18.0 Å². The van der Waals surface area contributed by atoms with E-state index in [2.05, 4.69) is 21.5 Å². The van der Waals surface area contributed by atoms with Crippen molar-refractivity contribution in [2.45, 2.75) is 19.9 Å². The van der Waals surface area contributed by atoms with Gasteiger partial charge in [0.15, 0.2) is 5.78 Å². The summed E-state index contributed by atoms with van der Waals surface area (Å²) in [5, 5.41) is 11.0. The Bertz CT molecular complexity index is 1460. The van der Waals surface area contributed by atoms with Crippen molar-refractivity contribution < 1.29 is 23.1 Å². The molecule has 0 aromatic heterocycles. The SMILES string of the molecule is CC(=O)c1ccc2cc(C#Cc3ccc(N4CCN(S(=O)(=O)N[C@H](C)C(=O)O)CC4)cc3)ccc2c1. The van der Waals surface area contributed by atoms with Gasteiger partial charge in [0, 0.05) is 48.6 Å². The number of carboxylic acid groups (broad SMARTS) is 1. The molecule has 0 aliphatic carbocycles. The standard InChI is InChI=1S/C27H27N3O5S/c1-19(27(32)33)28-36(34,35)30-15-13-29(14-16-30)26-11-6-21(7-12-26)3-4-22-5-8-25-18-23(20(2)31)9-10-24(25)17-22/h5-12,17-19,28H,13-16H2,1-2H3,(H,32,33)/t19-/m1/s1. The predicted molar refractivity (Wildman–Crippen MR) is 139 cm³/mol. The van der Waals surface area contributed by atoms with Crippen molar-refractivity contribution in [3.05, 3.63) is 77.4 Å². The van der Waals surface area contributed by atoms with Gasteiger partial charge in [0.25, 0.3) is 10.2 Å². The number of ketones is 1. The molecule has 1 fully saturated rings. The summed E-state index contributed by atoms with van der Waals surface area (Å²) >= 11 is 0. The molecule has 1 aliphatic heterocycles.